The summed E-state index contributed by atoms with van der Waals surface area (Å²) in [6.07, 6.45) is 1.82. The number of aryl methyl sites for hydroxylation is 3. The fourth-order valence-electron chi connectivity index (χ4n) is 3.35. The van der Waals surface area contributed by atoms with Crippen molar-refractivity contribution < 1.29 is 19.1 Å². The first kappa shape index (κ1) is 22.3. The molecule has 3 aromatic carbocycles. The molecule has 0 N–H and O–H groups in total. The van der Waals surface area contributed by atoms with Gasteiger partial charge in [0.1, 0.15) is 11.5 Å². The van der Waals surface area contributed by atoms with Crippen LogP contribution in [0, 0.1) is 20.8 Å². The average molecular weight is 417 g/mol. The van der Waals surface area contributed by atoms with E-state index in [4.69, 9.17) is 9.47 Å². The van der Waals surface area contributed by atoms with E-state index in [1.807, 2.05) is 45.0 Å². The molecule has 3 aromatic rings. The number of esters is 2. The summed E-state index contributed by atoms with van der Waals surface area (Å²) in [5, 5.41) is 0. The molecule has 0 aromatic heterocycles. The molecule has 0 aliphatic rings. The predicted molar refractivity (Wildman–Crippen MR) is 122 cm³/mol. The molecule has 0 unspecified atom stereocenters. The average Bonchev–Trinajstić information content (AvgIpc) is 2.80. The normalized spacial score (nSPS) is 10.6. The van der Waals surface area contributed by atoms with Crippen molar-refractivity contribution in [2.45, 2.75) is 47.5 Å². The number of hydrogen-bond donors (Lipinski definition) is 0. The standard InChI is InChI=1S/C27H28O4/c1-6-20-8-12-22(13-9-20)26(28)30-24-16-17(3)25(19(5)18(24)4)31-27(29)23-14-10-21(7-2)11-15-23/h8-16H,6-7H2,1-5H3. The van der Waals surface area contributed by atoms with Crippen LogP contribution in [0.15, 0.2) is 54.6 Å². The quantitative estimate of drug-likeness (QED) is 0.356. The van der Waals surface area contributed by atoms with Crippen LogP contribution < -0.4 is 9.47 Å². The van der Waals surface area contributed by atoms with E-state index in [9.17, 15) is 9.59 Å². The van der Waals surface area contributed by atoms with Gasteiger partial charge in [0.25, 0.3) is 0 Å². The van der Waals surface area contributed by atoms with Crippen molar-refractivity contribution in [3.05, 3.63) is 93.5 Å². The zero-order valence-electron chi connectivity index (χ0n) is 18.7. The summed E-state index contributed by atoms with van der Waals surface area (Å²) in [4.78, 5) is 25.2. The number of carbonyl (C=O) groups is 2. The number of hydrogen-bond acceptors (Lipinski definition) is 4. The van der Waals surface area contributed by atoms with Crippen LogP contribution in [-0.2, 0) is 12.8 Å². The summed E-state index contributed by atoms with van der Waals surface area (Å²) in [5.41, 5.74) is 5.57. The zero-order chi connectivity index (χ0) is 22.5. The molecular formula is C27H28O4. The molecule has 0 saturated carbocycles. The molecule has 4 heteroatoms. The number of carbonyl (C=O) groups excluding carboxylic acids is 2. The molecule has 4 nitrogen and oxygen atoms in total. The summed E-state index contributed by atoms with van der Waals surface area (Å²) in [7, 11) is 0. The van der Waals surface area contributed by atoms with Crippen molar-refractivity contribution in [2.75, 3.05) is 0 Å². The van der Waals surface area contributed by atoms with Crippen molar-refractivity contribution in [1.29, 1.82) is 0 Å². The Morgan fingerprint density at radius 3 is 1.58 bits per heavy atom. The maximum atomic E-state index is 12.6. The maximum absolute atomic E-state index is 12.6. The van der Waals surface area contributed by atoms with Crippen LogP contribution >= 0.6 is 0 Å². The highest BCUT2D eigenvalue weighted by Gasteiger charge is 2.19. The topological polar surface area (TPSA) is 52.6 Å². The number of rotatable bonds is 6. The van der Waals surface area contributed by atoms with E-state index >= 15 is 0 Å². The van der Waals surface area contributed by atoms with Gasteiger partial charge in [-0.25, -0.2) is 9.59 Å². The van der Waals surface area contributed by atoms with E-state index in [1.165, 1.54) is 0 Å². The largest absolute Gasteiger partial charge is 0.423 e. The van der Waals surface area contributed by atoms with Crippen LogP contribution in [0.2, 0.25) is 0 Å². The molecule has 0 heterocycles. The third-order valence-electron chi connectivity index (χ3n) is 5.57. The lowest BCUT2D eigenvalue weighted by molar-refractivity contribution is 0.0716. The van der Waals surface area contributed by atoms with Gasteiger partial charge in [0.2, 0.25) is 0 Å². The first-order valence-electron chi connectivity index (χ1n) is 10.6. The molecule has 0 atom stereocenters. The number of benzene rings is 3. The minimum atomic E-state index is -0.412. The lowest BCUT2D eigenvalue weighted by atomic mass is 10.0. The van der Waals surface area contributed by atoms with Gasteiger partial charge in [-0.3, -0.25) is 0 Å². The van der Waals surface area contributed by atoms with E-state index in [1.54, 1.807) is 30.3 Å². The summed E-state index contributed by atoms with van der Waals surface area (Å²) in [6.45, 7) is 9.68. The molecular weight excluding hydrogens is 388 g/mol. The Bertz CT molecular complexity index is 1090. The SMILES string of the molecule is CCc1ccc(C(=O)Oc2cc(C)c(OC(=O)c3ccc(CC)cc3)c(C)c2C)cc1. The van der Waals surface area contributed by atoms with Gasteiger partial charge in [-0.15, -0.1) is 0 Å². The Labute approximate surface area is 183 Å². The molecule has 3 rings (SSSR count). The number of ether oxygens (including phenoxy) is 2. The Balaban J connectivity index is 1.80. The van der Waals surface area contributed by atoms with Crippen LogP contribution in [0.5, 0.6) is 11.5 Å². The lowest BCUT2D eigenvalue weighted by Gasteiger charge is -2.16. The maximum Gasteiger partial charge on any atom is 0.343 e. The van der Waals surface area contributed by atoms with Gasteiger partial charge in [-0.2, -0.15) is 0 Å². The van der Waals surface area contributed by atoms with Gasteiger partial charge in [-0.1, -0.05) is 38.1 Å². The predicted octanol–water partition coefficient (Wildman–Crippen LogP) is 6.18. The first-order chi connectivity index (χ1) is 14.8. The molecule has 0 bridgehead atoms. The van der Waals surface area contributed by atoms with Crippen molar-refractivity contribution in [2.24, 2.45) is 0 Å². The minimum absolute atomic E-state index is 0.408. The summed E-state index contributed by atoms with van der Waals surface area (Å²) in [6, 6.07) is 16.5. The van der Waals surface area contributed by atoms with Crippen LogP contribution in [0.4, 0.5) is 0 Å². The van der Waals surface area contributed by atoms with Crippen molar-refractivity contribution in [3.8, 4) is 11.5 Å². The van der Waals surface area contributed by atoms with E-state index in [-0.39, 0.29) is 0 Å². The molecule has 0 amide bonds. The zero-order valence-corrected chi connectivity index (χ0v) is 18.7. The van der Waals surface area contributed by atoms with E-state index < -0.39 is 11.9 Å². The summed E-state index contributed by atoms with van der Waals surface area (Å²) >= 11 is 0. The molecule has 0 fully saturated rings. The highest BCUT2D eigenvalue weighted by atomic mass is 16.5. The Hall–Kier alpha value is -3.40. The highest BCUT2D eigenvalue weighted by molar-refractivity contribution is 5.92. The van der Waals surface area contributed by atoms with E-state index in [2.05, 4.69) is 13.8 Å². The van der Waals surface area contributed by atoms with Crippen LogP contribution in [0.3, 0.4) is 0 Å². The van der Waals surface area contributed by atoms with Crippen LogP contribution in [0.25, 0.3) is 0 Å². The Kier molecular flexibility index (Phi) is 6.91. The van der Waals surface area contributed by atoms with E-state index in [0.717, 1.165) is 40.7 Å². The summed E-state index contributed by atoms with van der Waals surface area (Å²) < 4.78 is 11.4. The fraction of sp³-hybridized carbons (Fsp3) is 0.259. The third-order valence-corrected chi connectivity index (χ3v) is 5.57. The molecule has 0 saturated heterocycles. The van der Waals surface area contributed by atoms with Gasteiger partial charge < -0.3 is 9.47 Å². The molecule has 0 radical (unpaired) electrons. The smallest absolute Gasteiger partial charge is 0.343 e. The molecule has 0 aliphatic heterocycles. The van der Waals surface area contributed by atoms with E-state index in [0.29, 0.717) is 22.6 Å². The van der Waals surface area contributed by atoms with Gasteiger partial charge in [0, 0.05) is 0 Å². The third kappa shape index (κ3) is 5.02. The fourth-order valence-corrected chi connectivity index (χ4v) is 3.35. The Morgan fingerprint density at radius 1 is 0.677 bits per heavy atom. The second-order valence-corrected chi connectivity index (χ2v) is 7.65. The summed E-state index contributed by atoms with van der Waals surface area (Å²) in [5.74, 6) is 0.139. The second-order valence-electron chi connectivity index (χ2n) is 7.65. The Morgan fingerprint density at radius 2 is 1.13 bits per heavy atom. The second kappa shape index (κ2) is 9.61. The van der Waals surface area contributed by atoms with Crippen LogP contribution in [-0.4, -0.2) is 11.9 Å². The van der Waals surface area contributed by atoms with Crippen molar-refractivity contribution in [3.63, 3.8) is 0 Å². The van der Waals surface area contributed by atoms with Crippen molar-refractivity contribution >= 4 is 11.9 Å². The molecule has 0 spiro atoms. The van der Waals surface area contributed by atoms with Crippen molar-refractivity contribution in [1.82, 2.24) is 0 Å². The van der Waals surface area contributed by atoms with Gasteiger partial charge >= 0.3 is 11.9 Å². The molecule has 31 heavy (non-hydrogen) atoms. The highest BCUT2D eigenvalue weighted by Crippen LogP contribution is 2.34. The molecule has 160 valence electrons. The molecule has 0 aliphatic carbocycles. The van der Waals surface area contributed by atoms with Crippen LogP contribution in [0.1, 0.15) is 62.4 Å². The first-order valence-corrected chi connectivity index (χ1v) is 10.6. The monoisotopic (exact) mass is 416 g/mol. The lowest BCUT2D eigenvalue weighted by Crippen LogP contribution is -2.13. The van der Waals surface area contributed by atoms with Gasteiger partial charge in [0.05, 0.1) is 11.1 Å². The minimum Gasteiger partial charge on any atom is -0.423 e. The van der Waals surface area contributed by atoms with Gasteiger partial charge in [0.15, 0.2) is 0 Å². The van der Waals surface area contributed by atoms with Gasteiger partial charge in [-0.05, 0) is 91.8 Å².